The van der Waals surface area contributed by atoms with Crippen molar-refractivity contribution in [2.24, 2.45) is 5.92 Å². The molecule has 1 aromatic heterocycles. The number of carbonyl (C=O) groups excluding carboxylic acids is 1. The van der Waals surface area contributed by atoms with Crippen molar-refractivity contribution in [2.45, 2.75) is 24.9 Å². The van der Waals surface area contributed by atoms with Crippen LogP contribution < -0.4 is 14.8 Å². The first kappa shape index (κ1) is 12.9. The van der Waals surface area contributed by atoms with Gasteiger partial charge in [-0.25, -0.2) is 4.98 Å². The number of fused-ring (bicyclic) bond motifs is 3. The number of nitrogens with zero attached hydrogens (tertiary/aromatic N) is 2. The fourth-order valence-corrected chi connectivity index (χ4v) is 3.76. The number of rotatable bonds is 2. The molecule has 1 amide bonds. The summed E-state index contributed by atoms with van der Waals surface area (Å²) in [5.74, 6) is 1.67. The summed E-state index contributed by atoms with van der Waals surface area (Å²) in [7, 11) is 2.13. The predicted molar refractivity (Wildman–Crippen MR) is 75.6 cm³/mol. The van der Waals surface area contributed by atoms with Crippen LogP contribution in [0.15, 0.2) is 12.3 Å². The highest BCUT2D eigenvalue weighted by Crippen LogP contribution is 2.36. The number of aromatic nitrogens is 1. The first-order valence-electron chi connectivity index (χ1n) is 7.47. The molecule has 3 unspecified atom stereocenters. The molecule has 2 bridgehead atoms. The molecule has 1 saturated carbocycles. The fourth-order valence-electron chi connectivity index (χ4n) is 3.76. The summed E-state index contributed by atoms with van der Waals surface area (Å²) in [4.78, 5) is 18.9. The van der Waals surface area contributed by atoms with Crippen molar-refractivity contribution in [3.8, 4) is 11.6 Å². The lowest BCUT2D eigenvalue weighted by Gasteiger charge is -2.30. The molecule has 6 nitrogen and oxygen atoms in total. The number of hydrogen-bond acceptors (Lipinski definition) is 5. The second-order valence-electron chi connectivity index (χ2n) is 6.15. The largest absolute Gasteiger partial charge is 0.484 e. The van der Waals surface area contributed by atoms with Gasteiger partial charge in [-0.3, -0.25) is 4.79 Å². The smallest absolute Gasteiger partial charge is 0.257 e. The van der Waals surface area contributed by atoms with Crippen molar-refractivity contribution < 1.29 is 14.3 Å². The number of likely N-dealkylation sites (N-methyl/N-ethyl adjacent to an activating group) is 1. The Labute approximate surface area is 123 Å². The Bertz CT molecular complexity index is 577. The number of amides is 1. The van der Waals surface area contributed by atoms with Gasteiger partial charge < -0.3 is 19.7 Å². The van der Waals surface area contributed by atoms with Crippen LogP contribution in [-0.2, 0) is 0 Å². The molecule has 0 aromatic carbocycles. The molecule has 112 valence electrons. The molecule has 2 aliphatic heterocycles. The first-order valence-corrected chi connectivity index (χ1v) is 7.47. The Morgan fingerprint density at radius 1 is 1.38 bits per heavy atom. The van der Waals surface area contributed by atoms with E-state index in [1.165, 1.54) is 6.42 Å². The lowest BCUT2D eigenvalue weighted by molar-refractivity contribution is 0.0903. The molecule has 21 heavy (non-hydrogen) atoms. The van der Waals surface area contributed by atoms with Gasteiger partial charge >= 0.3 is 0 Å². The van der Waals surface area contributed by atoms with E-state index in [2.05, 4.69) is 22.2 Å². The van der Waals surface area contributed by atoms with Crippen molar-refractivity contribution >= 4 is 5.91 Å². The number of pyridine rings is 1. The molecule has 3 heterocycles. The number of hydrogen-bond donors (Lipinski definition) is 1. The van der Waals surface area contributed by atoms with E-state index in [0.29, 0.717) is 36.4 Å². The number of piperidine rings is 1. The van der Waals surface area contributed by atoms with Crippen LogP contribution in [0.4, 0.5) is 0 Å². The Morgan fingerprint density at radius 2 is 2.24 bits per heavy atom. The van der Waals surface area contributed by atoms with Gasteiger partial charge in [0.2, 0.25) is 0 Å². The Kier molecular flexibility index (Phi) is 2.99. The van der Waals surface area contributed by atoms with E-state index in [1.54, 1.807) is 12.3 Å². The van der Waals surface area contributed by atoms with Crippen molar-refractivity contribution in [2.75, 3.05) is 26.8 Å². The van der Waals surface area contributed by atoms with E-state index in [9.17, 15) is 4.79 Å². The summed E-state index contributed by atoms with van der Waals surface area (Å²) in [5, 5.41) is 3.15. The number of carbonyl (C=O) groups is 1. The maximum Gasteiger partial charge on any atom is 0.257 e. The van der Waals surface area contributed by atoms with E-state index in [1.807, 2.05) is 0 Å². The van der Waals surface area contributed by atoms with Crippen LogP contribution in [-0.4, -0.2) is 54.7 Å². The van der Waals surface area contributed by atoms with Crippen LogP contribution in [0.2, 0.25) is 0 Å². The van der Waals surface area contributed by atoms with Gasteiger partial charge in [0.25, 0.3) is 11.8 Å². The molecule has 0 radical (unpaired) electrons. The Morgan fingerprint density at radius 3 is 3.05 bits per heavy atom. The monoisotopic (exact) mass is 289 g/mol. The van der Waals surface area contributed by atoms with Crippen molar-refractivity contribution in [1.82, 2.24) is 15.2 Å². The maximum atomic E-state index is 12.4. The molecule has 1 saturated heterocycles. The number of likely N-dealkylation sites (tertiary alicyclic amines) is 1. The average Bonchev–Trinajstić information content (AvgIpc) is 3.05. The van der Waals surface area contributed by atoms with Crippen molar-refractivity contribution in [3.63, 3.8) is 0 Å². The van der Waals surface area contributed by atoms with E-state index in [-0.39, 0.29) is 11.9 Å². The number of ether oxygens (including phenoxy) is 2. The summed E-state index contributed by atoms with van der Waals surface area (Å²) >= 11 is 0. The summed E-state index contributed by atoms with van der Waals surface area (Å²) in [6.07, 6.45) is 3.83. The van der Waals surface area contributed by atoms with Gasteiger partial charge in [-0.05, 0) is 25.8 Å². The van der Waals surface area contributed by atoms with Gasteiger partial charge in [0.1, 0.15) is 13.2 Å². The van der Waals surface area contributed by atoms with E-state index >= 15 is 0 Å². The molecule has 4 rings (SSSR count). The summed E-state index contributed by atoms with van der Waals surface area (Å²) in [6.45, 7) is 2.16. The van der Waals surface area contributed by atoms with E-state index in [0.717, 1.165) is 18.9 Å². The molecule has 1 N–H and O–H groups in total. The molecular weight excluding hydrogens is 270 g/mol. The van der Waals surface area contributed by atoms with Crippen LogP contribution in [0.5, 0.6) is 11.6 Å². The van der Waals surface area contributed by atoms with Crippen LogP contribution in [0.25, 0.3) is 0 Å². The summed E-state index contributed by atoms with van der Waals surface area (Å²) < 4.78 is 10.8. The topological polar surface area (TPSA) is 63.7 Å². The molecule has 2 fully saturated rings. The lowest BCUT2D eigenvalue weighted by atomic mass is 10.1. The summed E-state index contributed by atoms with van der Waals surface area (Å²) in [5.41, 5.74) is 0.532. The molecule has 3 aliphatic rings. The van der Waals surface area contributed by atoms with Gasteiger partial charge in [-0.1, -0.05) is 0 Å². The minimum atomic E-state index is -0.0783. The zero-order valence-corrected chi connectivity index (χ0v) is 12.0. The lowest BCUT2D eigenvalue weighted by Crippen LogP contribution is -2.48. The minimum absolute atomic E-state index is 0.0783. The fraction of sp³-hybridized carbons (Fsp3) is 0.600. The number of nitrogens with one attached hydrogen (secondary N) is 1. The van der Waals surface area contributed by atoms with Gasteiger partial charge in [0, 0.05) is 30.9 Å². The highest BCUT2D eigenvalue weighted by Gasteiger charge is 2.43. The zero-order valence-electron chi connectivity index (χ0n) is 12.0. The molecular formula is C15H19N3O3. The average molecular weight is 289 g/mol. The first-order chi connectivity index (χ1) is 10.2. The second kappa shape index (κ2) is 4.87. The van der Waals surface area contributed by atoms with E-state index in [4.69, 9.17) is 9.47 Å². The highest BCUT2D eigenvalue weighted by molar-refractivity contribution is 5.94. The zero-order chi connectivity index (χ0) is 14.4. The van der Waals surface area contributed by atoms with Gasteiger partial charge in [0.05, 0.1) is 5.56 Å². The SMILES string of the molecule is CN1CC2CC(NC(=O)c3cnc4c(c3)OCCO4)C1C2. The van der Waals surface area contributed by atoms with Crippen LogP contribution >= 0.6 is 0 Å². The van der Waals surface area contributed by atoms with Crippen LogP contribution in [0, 0.1) is 5.92 Å². The third-order valence-corrected chi connectivity index (χ3v) is 4.72. The standard InChI is InChI=1S/C15H19N3O3/c1-18-8-9-4-11(12(18)5-9)17-14(19)10-6-13-15(16-7-10)21-3-2-20-13/h6-7,9,11-12H,2-5,8H2,1H3,(H,17,19). The van der Waals surface area contributed by atoms with Gasteiger partial charge in [-0.15, -0.1) is 0 Å². The van der Waals surface area contributed by atoms with Crippen LogP contribution in [0.3, 0.4) is 0 Å². The molecule has 1 aromatic rings. The quantitative estimate of drug-likeness (QED) is 0.867. The predicted octanol–water partition coefficient (Wildman–Crippen LogP) is 0.675. The maximum absolute atomic E-state index is 12.4. The third kappa shape index (κ3) is 2.23. The van der Waals surface area contributed by atoms with Crippen molar-refractivity contribution in [1.29, 1.82) is 0 Å². The second-order valence-corrected chi connectivity index (χ2v) is 6.15. The summed E-state index contributed by atoms with van der Waals surface area (Å²) in [6, 6.07) is 2.44. The minimum Gasteiger partial charge on any atom is -0.484 e. The highest BCUT2D eigenvalue weighted by atomic mass is 16.6. The normalized spacial score (nSPS) is 30.4. The van der Waals surface area contributed by atoms with Gasteiger partial charge in [-0.2, -0.15) is 0 Å². The molecule has 1 aliphatic carbocycles. The Balaban J connectivity index is 1.48. The molecule has 3 atom stereocenters. The van der Waals surface area contributed by atoms with E-state index < -0.39 is 0 Å². The molecule has 6 heteroatoms. The molecule has 0 spiro atoms. The third-order valence-electron chi connectivity index (χ3n) is 4.72. The van der Waals surface area contributed by atoms with Gasteiger partial charge in [0.15, 0.2) is 5.75 Å². The van der Waals surface area contributed by atoms with Crippen molar-refractivity contribution in [3.05, 3.63) is 17.8 Å². The Hall–Kier alpha value is -1.82. The van der Waals surface area contributed by atoms with Crippen LogP contribution in [0.1, 0.15) is 23.2 Å².